The van der Waals surface area contributed by atoms with Crippen molar-refractivity contribution >= 4 is 48.3 Å². The molecule has 0 spiro atoms. The number of likely N-dealkylation sites (tertiary alicyclic amines) is 1. The minimum absolute atomic E-state index is 0.00210. The van der Waals surface area contributed by atoms with Crippen LogP contribution in [0.15, 0.2) is 44.8 Å². The van der Waals surface area contributed by atoms with E-state index in [1.165, 1.54) is 31.5 Å². The van der Waals surface area contributed by atoms with E-state index in [1.807, 2.05) is 4.90 Å². The largest absolute Gasteiger partial charge is 0.416 e. The molecule has 4 rings (SSSR count). The highest BCUT2D eigenvalue weighted by atomic mass is 79.9. The minimum Gasteiger partial charge on any atom is -0.326 e. The first-order valence-corrected chi connectivity index (χ1v) is 13.9. The van der Waals surface area contributed by atoms with Gasteiger partial charge >= 0.3 is 6.18 Å². The van der Waals surface area contributed by atoms with Crippen molar-refractivity contribution < 1.29 is 21.6 Å². The summed E-state index contributed by atoms with van der Waals surface area (Å²) in [6.07, 6.45) is -2.83. The van der Waals surface area contributed by atoms with Gasteiger partial charge in [0.15, 0.2) is 9.84 Å². The van der Waals surface area contributed by atoms with Gasteiger partial charge in [-0.15, -0.1) is 0 Å². The summed E-state index contributed by atoms with van der Waals surface area (Å²) in [4.78, 5) is 19.4. The Morgan fingerprint density at radius 3 is 2.58 bits per heavy atom. The fourth-order valence-electron chi connectivity index (χ4n) is 4.37. The van der Waals surface area contributed by atoms with Crippen molar-refractivity contribution in [2.75, 3.05) is 18.8 Å². The fraction of sp³-hybridized carbons (Fsp3) is 0.391. The molecule has 2 heterocycles. The average molecular weight is 608 g/mol. The molecule has 2 aromatic carbocycles. The lowest BCUT2D eigenvalue weighted by Crippen LogP contribution is -2.28. The van der Waals surface area contributed by atoms with Gasteiger partial charge in [-0.25, -0.2) is 13.4 Å². The number of hydrogen-bond acceptors (Lipinski definition) is 6. The van der Waals surface area contributed by atoms with Crippen LogP contribution in [0.1, 0.15) is 30.0 Å². The van der Waals surface area contributed by atoms with E-state index in [1.54, 1.807) is 0 Å². The zero-order chi connectivity index (χ0) is 26.4. The van der Waals surface area contributed by atoms with Crippen molar-refractivity contribution in [2.45, 2.75) is 43.5 Å². The van der Waals surface area contributed by atoms with E-state index in [0.717, 1.165) is 10.6 Å². The maximum absolute atomic E-state index is 14.1. The van der Waals surface area contributed by atoms with Gasteiger partial charge in [-0.3, -0.25) is 14.3 Å². The third-order valence-electron chi connectivity index (χ3n) is 6.23. The highest BCUT2D eigenvalue weighted by Crippen LogP contribution is 2.39. The van der Waals surface area contributed by atoms with Crippen LogP contribution in [0.5, 0.6) is 0 Å². The minimum atomic E-state index is -4.71. The van der Waals surface area contributed by atoms with E-state index in [-0.39, 0.29) is 61.3 Å². The van der Waals surface area contributed by atoms with Gasteiger partial charge in [0, 0.05) is 35.2 Å². The van der Waals surface area contributed by atoms with E-state index in [2.05, 4.69) is 20.9 Å². The molecule has 13 heteroatoms. The van der Waals surface area contributed by atoms with E-state index in [9.17, 15) is 26.4 Å². The molecule has 0 saturated carbocycles. The summed E-state index contributed by atoms with van der Waals surface area (Å²) in [5.41, 5.74) is 4.56. The Bertz CT molecular complexity index is 1490. The van der Waals surface area contributed by atoms with Gasteiger partial charge in [-0.05, 0) is 57.7 Å². The van der Waals surface area contributed by atoms with Crippen molar-refractivity contribution in [1.29, 1.82) is 0 Å². The normalized spacial score (nSPS) is 17.2. The maximum atomic E-state index is 14.1. The second kappa shape index (κ2) is 10.1. The molecule has 0 amide bonds. The van der Waals surface area contributed by atoms with Crippen LogP contribution in [-0.2, 0) is 29.1 Å². The number of hydrogen-bond donors (Lipinski definition) is 1. The molecule has 0 radical (unpaired) electrons. The average Bonchev–Trinajstić information content (AvgIpc) is 3.21. The monoisotopic (exact) mass is 606 g/mol. The van der Waals surface area contributed by atoms with Crippen LogP contribution >= 0.6 is 27.5 Å². The first-order valence-electron chi connectivity index (χ1n) is 11.1. The number of benzene rings is 2. The number of nitrogens with two attached hydrogens (primary N) is 1. The number of nitrogens with zero attached hydrogens (tertiary/aromatic N) is 3. The van der Waals surface area contributed by atoms with E-state index in [4.69, 9.17) is 17.3 Å². The molecule has 194 valence electrons. The molecule has 3 aromatic rings. The molecule has 1 aliphatic rings. The van der Waals surface area contributed by atoms with Crippen LogP contribution in [0.3, 0.4) is 0 Å². The summed E-state index contributed by atoms with van der Waals surface area (Å²) in [6.45, 7) is 2.30. The van der Waals surface area contributed by atoms with Gasteiger partial charge in [-0.2, -0.15) is 13.2 Å². The van der Waals surface area contributed by atoms with Gasteiger partial charge in [0.05, 0.1) is 40.0 Å². The standard InChI is InChI=1S/C23H23BrClF3N4O3S/c1-2-36(34,35)19-4-3-14(25)7-13(19)9-32-12-30-21-16(22(32)33)8-18(23(26,27)28)17(20(21)24)11-31-6-5-15(29)10-31/h3-4,7-8,12,15H,2,5-6,9-11,29H2,1H3/t15-/m1/s1. The Kier molecular flexibility index (Phi) is 7.55. The number of rotatable bonds is 6. The molecule has 1 aromatic heterocycles. The molecule has 0 unspecified atom stereocenters. The van der Waals surface area contributed by atoms with Crippen LogP contribution in [0.4, 0.5) is 13.2 Å². The third kappa shape index (κ3) is 5.33. The third-order valence-corrected chi connectivity index (χ3v) is 9.15. The molecule has 0 aliphatic carbocycles. The number of sulfone groups is 1. The Balaban J connectivity index is 1.84. The molecule has 1 aliphatic heterocycles. The lowest BCUT2D eigenvalue weighted by molar-refractivity contribution is -0.138. The highest BCUT2D eigenvalue weighted by Gasteiger charge is 2.36. The van der Waals surface area contributed by atoms with E-state index >= 15 is 0 Å². The second-order valence-electron chi connectivity index (χ2n) is 8.73. The molecule has 0 bridgehead atoms. The SMILES string of the molecule is CCS(=O)(=O)c1ccc(Cl)cc1Cn1cnc2c(Br)c(CN3CC[C@@H](N)C3)c(C(F)(F)F)cc2c1=O. The molecule has 1 fully saturated rings. The molecule has 2 N–H and O–H groups in total. The summed E-state index contributed by atoms with van der Waals surface area (Å²) in [5, 5.41) is 0.0238. The van der Waals surface area contributed by atoms with Gasteiger partial charge in [0.1, 0.15) is 0 Å². The van der Waals surface area contributed by atoms with Crippen molar-refractivity contribution in [3.63, 3.8) is 0 Å². The van der Waals surface area contributed by atoms with Crippen molar-refractivity contribution in [3.05, 3.63) is 67.1 Å². The van der Waals surface area contributed by atoms with Crippen molar-refractivity contribution in [1.82, 2.24) is 14.5 Å². The molecule has 1 atom stereocenters. The van der Waals surface area contributed by atoms with Crippen molar-refractivity contribution in [2.24, 2.45) is 5.73 Å². The predicted octanol–water partition coefficient (Wildman–Crippen LogP) is 4.21. The van der Waals surface area contributed by atoms with Gasteiger partial charge in [0.2, 0.25) is 0 Å². The quantitative estimate of drug-likeness (QED) is 0.451. The molecule has 7 nitrogen and oxygen atoms in total. The zero-order valence-electron chi connectivity index (χ0n) is 19.1. The second-order valence-corrected chi connectivity index (χ2v) is 12.2. The van der Waals surface area contributed by atoms with Gasteiger partial charge in [-0.1, -0.05) is 18.5 Å². The van der Waals surface area contributed by atoms with Gasteiger partial charge < -0.3 is 5.73 Å². The Morgan fingerprint density at radius 1 is 1.25 bits per heavy atom. The fourth-order valence-corrected chi connectivity index (χ4v) is 6.33. The smallest absolute Gasteiger partial charge is 0.326 e. The lowest BCUT2D eigenvalue weighted by Gasteiger charge is -2.21. The van der Waals surface area contributed by atoms with E-state index < -0.39 is 27.1 Å². The van der Waals surface area contributed by atoms with Crippen LogP contribution < -0.4 is 11.3 Å². The Labute approximate surface area is 219 Å². The van der Waals surface area contributed by atoms with E-state index in [0.29, 0.717) is 19.5 Å². The first kappa shape index (κ1) is 27.1. The van der Waals surface area contributed by atoms with Crippen molar-refractivity contribution in [3.8, 4) is 0 Å². The number of aromatic nitrogens is 2. The van der Waals surface area contributed by atoms with Gasteiger partial charge in [0.25, 0.3) is 5.56 Å². The highest BCUT2D eigenvalue weighted by molar-refractivity contribution is 9.10. The molecule has 36 heavy (non-hydrogen) atoms. The molecule has 1 saturated heterocycles. The molecular formula is C23H23BrClF3N4O3S. The van der Waals surface area contributed by atoms with Crippen LogP contribution in [0.25, 0.3) is 10.9 Å². The van der Waals surface area contributed by atoms with Crippen LogP contribution in [-0.4, -0.2) is 47.8 Å². The number of fused-ring (bicyclic) bond motifs is 1. The Morgan fingerprint density at radius 2 is 1.97 bits per heavy atom. The number of alkyl halides is 3. The van der Waals surface area contributed by atoms with Crippen LogP contribution in [0.2, 0.25) is 5.02 Å². The summed E-state index contributed by atoms with van der Waals surface area (Å²) in [6, 6.07) is 4.92. The van der Waals surface area contributed by atoms with Crippen LogP contribution in [0, 0.1) is 0 Å². The predicted molar refractivity (Wildman–Crippen MR) is 135 cm³/mol. The summed E-state index contributed by atoms with van der Waals surface area (Å²) >= 11 is 9.32. The Hall–Kier alpha value is -1.99. The first-order chi connectivity index (χ1) is 16.8. The lowest BCUT2D eigenvalue weighted by atomic mass is 10.0. The topological polar surface area (TPSA) is 98.3 Å². The molecular weight excluding hydrogens is 585 g/mol. The summed E-state index contributed by atoms with van der Waals surface area (Å²) < 4.78 is 68.5. The summed E-state index contributed by atoms with van der Waals surface area (Å²) in [5.74, 6) is -0.168. The zero-order valence-corrected chi connectivity index (χ0v) is 22.3. The maximum Gasteiger partial charge on any atom is 0.416 e. The summed E-state index contributed by atoms with van der Waals surface area (Å²) in [7, 11) is -3.64. The number of halogens is 5.